The fraction of sp³-hybridized carbons (Fsp3) is 0.526. The van der Waals surface area contributed by atoms with Crippen LogP contribution >= 0.6 is 0 Å². The molecule has 0 radical (unpaired) electrons. The normalized spacial score (nSPS) is 29.7. The number of phenols is 1. The van der Waals surface area contributed by atoms with Crippen LogP contribution in [0.5, 0.6) is 11.5 Å². The minimum Gasteiger partial charge on any atom is -0.504 e. The van der Waals surface area contributed by atoms with E-state index < -0.39 is 0 Å². The first-order chi connectivity index (χ1) is 11.1. The lowest BCUT2D eigenvalue weighted by Crippen LogP contribution is -2.41. The summed E-state index contributed by atoms with van der Waals surface area (Å²) in [5.74, 6) is 1.02. The van der Waals surface area contributed by atoms with Crippen LogP contribution in [0, 0.1) is 0 Å². The average Bonchev–Trinajstić information content (AvgIpc) is 2.56. The predicted molar refractivity (Wildman–Crippen MR) is 88.0 cm³/mol. The molecule has 3 aliphatic rings. The van der Waals surface area contributed by atoms with E-state index in [9.17, 15) is 9.90 Å². The third-order valence-electron chi connectivity index (χ3n) is 5.98. The number of ether oxygens (including phenoxy) is 1. The van der Waals surface area contributed by atoms with E-state index in [4.69, 9.17) is 4.74 Å². The molecule has 122 valence electrons. The quantitative estimate of drug-likeness (QED) is 0.866. The lowest BCUT2D eigenvalue weighted by molar-refractivity contribution is -0.115. The summed E-state index contributed by atoms with van der Waals surface area (Å²) in [4.78, 5) is 14.1. The molecule has 0 aromatic heterocycles. The molecule has 0 saturated carbocycles. The third kappa shape index (κ3) is 2.04. The summed E-state index contributed by atoms with van der Waals surface area (Å²) in [6.07, 6.45) is 8.11. The van der Waals surface area contributed by atoms with Gasteiger partial charge in [0.25, 0.3) is 0 Å². The van der Waals surface area contributed by atoms with Gasteiger partial charge in [-0.05, 0) is 56.0 Å². The molecule has 4 rings (SSSR count). The summed E-state index contributed by atoms with van der Waals surface area (Å²) >= 11 is 0. The van der Waals surface area contributed by atoms with Crippen LogP contribution < -0.4 is 4.74 Å². The molecule has 2 atom stereocenters. The summed E-state index contributed by atoms with van der Waals surface area (Å²) in [5, 5.41) is 10.9. The van der Waals surface area contributed by atoms with Gasteiger partial charge in [0.2, 0.25) is 0 Å². The lowest BCUT2D eigenvalue weighted by atomic mass is 9.62. The zero-order valence-electron chi connectivity index (χ0n) is 13.8. The van der Waals surface area contributed by atoms with Crippen molar-refractivity contribution in [1.82, 2.24) is 4.90 Å². The highest BCUT2D eigenvalue weighted by atomic mass is 16.5. The van der Waals surface area contributed by atoms with E-state index in [0.717, 1.165) is 37.8 Å². The molecule has 0 bridgehead atoms. The Morgan fingerprint density at radius 1 is 1.35 bits per heavy atom. The maximum absolute atomic E-state index is 11.7. The molecule has 2 aliphatic carbocycles. The standard InChI is InChI=1S/C19H23NO3/c1-20-10-6-12-11-15(23-2)18(22)17-16(12)14(20)5-9-19(17)7-3-13(21)4-8-19/h3,7,11,14,22H,4-6,8-10H2,1-2H3/t14?,19-/m1/s1. The van der Waals surface area contributed by atoms with Crippen molar-refractivity contribution in [1.29, 1.82) is 0 Å². The molecule has 23 heavy (non-hydrogen) atoms. The fourth-order valence-electron chi connectivity index (χ4n) is 4.70. The molecule has 1 aromatic carbocycles. The number of hydrogen-bond acceptors (Lipinski definition) is 4. The smallest absolute Gasteiger partial charge is 0.162 e. The second kappa shape index (κ2) is 5.10. The summed E-state index contributed by atoms with van der Waals surface area (Å²) in [7, 11) is 3.77. The average molecular weight is 313 g/mol. The molecule has 1 N–H and O–H groups in total. The minimum absolute atomic E-state index is 0.186. The van der Waals surface area contributed by atoms with Gasteiger partial charge in [0.15, 0.2) is 17.3 Å². The number of benzene rings is 1. The number of rotatable bonds is 1. The molecule has 1 spiro atoms. The van der Waals surface area contributed by atoms with E-state index >= 15 is 0 Å². The van der Waals surface area contributed by atoms with Crippen molar-refractivity contribution in [3.05, 3.63) is 34.9 Å². The monoisotopic (exact) mass is 313 g/mol. The van der Waals surface area contributed by atoms with Gasteiger partial charge in [-0.15, -0.1) is 0 Å². The van der Waals surface area contributed by atoms with Gasteiger partial charge in [0, 0.05) is 30.0 Å². The van der Waals surface area contributed by atoms with Gasteiger partial charge >= 0.3 is 0 Å². The Balaban J connectivity index is 1.99. The lowest BCUT2D eigenvalue weighted by Gasteiger charge is -2.47. The SMILES string of the molecule is COc1cc2c3c(c1O)[C@@]1(C=CC(=O)CC1)CCC3N(C)CC2. The van der Waals surface area contributed by atoms with E-state index in [1.54, 1.807) is 13.2 Å². The summed E-state index contributed by atoms with van der Waals surface area (Å²) in [6, 6.07) is 2.37. The van der Waals surface area contributed by atoms with Crippen LogP contribution in [0.4, 0.5) is 0 Å². The first-order valence-corrected chi connectivity index (χ1v) is 8.41. The number of aromatic hydroxyl groups is 1. The van der Waals surface area contributed by atoms with E-state index in [1.165, 1.54) is 11.1 Å². The molecule has 0 saturated heterocycles. The maximum Gasteiger partial charge on any atom is 0.162 e. The number of hydrogen-bond donors (Lipinski definition) is 1. The number of carbonyl (C=O) groups excluding carboxylic acids is 1. The zero-order chi connectivity index (χ0) is 16.2. The van der Waals surface area contributed by atoms with Crippen molar-refractivity contribution in [3.63, 3.8) is 0 Å². The highest BCUT2D eigenvalue weighted by molar-refractivity contribution is 5.91. The summed E-state index contributed by atoms with van der Waals surface area (Å²) in [5.41, 5.74) is 3.37. The summed E-state index contributed by atoms with van der Waals surface area (Å²) < 4.78 is 5.44. The van der Waals surface area contributed by atoms with Gasteiger partial charge in [-0.3, -0.25) is 9.69 Å². The third-order valence-corrected chi connectivity index (χ3v) is 5.98. The Bertz CT molecular complexity index is 709. The van der Waals surface area contributed by atoms with E-state index in [-0.39, 0.29) is 16.9 Å². The second-order valence-corrected chi connectivity index (χ2v) is 7.12. The van der Waals surface area contributed by atoms with Crippen LogP contribution in [0.15, 0.2) is 18.2 Å². The van der Waals surface area contributed by atoms with Crippen molar-refractivity contribution in [2.75, 3.05) is 20.7 Å². The van der Waals surface area contributed by atoms with Gasteiger partial charge < -0.3 is 9.84 Å². The Labute approximate surface area is 136 Å². The maximum atomic E-state index is 11.7. The van der Waals surface area contributed by atoms with Crippen LogP contribution in [-0.2, 0) is 16.6 Å². The topological polar surface area (TPSA) is 49.8 Å². The van der Waals surface area contributed by atoms with Gasteiger partial charge in [0.1, 0.15) is 0 Å². The molecule has 1 aromatic rings. The highest BCUT2D eigenvalue weighted by Gasteiger charge is 2.45. The number of allylic oxidation sites excluding steroid dienone is 2. The molecule has 1 heterocycles. The first-order valence-electron chi connectivity index (χ1n) is 8.41. The predicted octanol–water partition coefficient (Wildman–Crippen LogP) is 2.88. The van der Waals surface area contributed by atoms with Gasteiger partial charge in [-0.2, -0.15) is 0 Å². The first kappa shape index (κ1) is 14.8. The van der Waals surface area contributed by atoms with Crippen LogP contribution in [-0.4, -0.2) is 36.5 Å². The van der Waals surface area contributed by atoms with Crippen LogP contribution in [0.25, 0.3) is 0 Å². The van der Waals surface area contributed by atoms with Gasteiger partial charge in [-0.1, -0.05) is 6.08 Å². The number of ketones is 1. The van der Waals surface area contributed by atoms with Crippen LogP contribution in [0.3, 0.4) is 0 Å². The Morgan fingerprint density at radius 2 is 2.17 bits per heavy atom. The van der Waals surface area contributed by atoms with E-state index in [0.29, 0.717) is 18.2 Å². The van der Waals surface area contributed by atoms with Crippen molar-refractivity contribution in [2.45, 2.75) is 43.6 Å². The second-order valence-electron chi connectivity index (χ2n) is 7.12. The Hall–Kier alpha value is -1.81. The number of likely N-dealkylation sites (N-methyl/N-ethyl adjacent to an activating group) is 1. The van der Waals surface area contributed by atoms with E-state index in [1.807, 2.05) is 12.1 Å². The van der Waals surface area contributed by atoms with Crippen molar-refractivity contribution >= 4 is 5.78 Å². The van der Waals surface area contributed by atoms with Gasteiger partial charge in [-0.25, -0.2) is 0 Å². The molecule has 0 amide bonds. The Kier molecular flexibility index (Phi) is 3.27. The minimum atomic E-state index is -0.217. The number of methoxy groups -OCH3 is 1. The number of carbonyl (C=O) groups is 1. The van der Waals surface area contributed by atoms with Gasteiger partial charge in [0.05, 0.1) is 7.11 Å². The summed E-state index contributed by atoms with van der Waals surface area (Å²) in [6.45, 7) is 1.03. The molecular formula is C19H23NO3. The molecule has 4 nitrogen and oxygen atoms in total. The van der Waals surface area contributed by atoms with Crippen LogP contribution in [0.1, 0.15) is 48.4 Å². The van der Waals surface area contributed by atoms with E-state index in [2.05, 4.69) is 11.9 Å². The zero-order valence-corrected chi connectivity index (χ0v) is 13.8. The number of phenolic OH excluding ortho intramolecular Hbond substituents is 1. The number of nitrogens with zero attached hydrogens (tertiary/aromatic N) is 1. The molecule has 0 fully saturated rings. The van der Waals surface area contributed by atoms with Crippen molar-refractivity contribution < 1.29 is 14.6 Å². The Morgan fingerprint density at radius 3 is 2.87 bits per heavy atom. The fourth-order valence-corrected chi connectivity index (χ4v) is 4.70. The van der Waals surface area contributed by atoms with Crippen LogP contribution in [0.2, 0.25) is 0 Å². The highest BCUT2D eigenvalue weighted by Crippen LogP contribution is 2.56. The van der Waals surface area contributed by atoms with Crippen molar-refractivity contribution in [2.24, 2.45) is 0 Å². The molecule has 1 aliphatic heterocycles. The van der Waals surface area contributed by atoms with Crippen molar-refractivity contribution in [3.8, 4) is 11.5 Å². The largest absolute Gasteiger partial charge is 0.504 e. The number of fused-ring (bicyclic) bond motifs is 1. The molecular weight excluding hydrogens is 290 g/mol. The molecule has 4 heteroatoms. The molecule has 1 unspecified atom stereocenters.